The average Bonchev–Trinajstić information content (AvgIpc) is 2.75. The highest BCUT2D eigenvalue weighted by Gasteiger charge is 2.35. The Labute approximate surface area is 163 Å². The molecule has 1 atom stereocenters. The predicted molar refractivity (Wildman–Crippen MR) is 111 cm³/mol. The Morgan fingerprint density at radius 1 is 0.815 bits per heavy atom. The van der Waals surface area contributed by atoms with E-state index in [0.29, 0.717) is 5.56 Å². The van der Waals surface area contributed by atoms with Crippen molar-refractivity contribution in [2.75, 3.05) is 14.2 Å². The SMILES string of the molecule is CC[Si](CC)(CC)OC(C(=O)c1ccc(OC)cc1)c1ccc(OC)cc1. The van der Waals surface area contributed by atoms with E-state index in [9.17, 15) is 4.79 Å². The molecular formula is C22H30O4Si. The molecule has 1 unspecified atom stereocenters. The van der Waals surface area contributed by atoms with E-state index in [1.165, 1.54) is 0 Å². The fraction of sp³-hybridized carbons (Fsp3) is 0.409. The van der Waals surface area contributed by atoms with Gasteiger partial charge in [0.1, 0.15) is 17.6 Å². The van der Waals surface area contributed by atoms with E-state index in [1.54, 1.807) is 26.4 Å². The quantitative estimate of drug-likeness (QED) is 0.391. The highest BCUT2D eigenvalue weighted by molar-refractivity contribution is 6.73. The van der Waals surface area contributed by atoms with Crippen LogP contribution in [0.2, 0.25) is 18.1 Å². The highest BCUT2D eigenvalue weighted by Crippen LogP contribution is 2.33. The van der Waals surface area contributed by atoms with Gasteiger partial charge in [-0.05, 0) is 60.1 Å². The van der Waals surface area contributed by atoms with E-state index < -0.39 is 14.4 Å². The summed E-state index contributed by atoms with van der Waals surface area (Å²) in [5, 5.41) is 0. The van der Waals surface area contributed by atoms with Crippen molar-refractivity contribution in [3.63, 3.8) is 0 Å². The third-order valence-electron chi connectivity index (χ3n) is 5.33. The second kappa shape index (κ2) is 9.72. The Bertz CT molecular complexity index is 713. The van der Waals surface area contributed by atoms with Gasteiger partial charge in [0.15, 0.2) is 14.1 Å². The summed E-state index contributed by atoms with van der Waals surface area (Å²) < 4.78 is 17.1. The van der Waals surface area contributed by atoms with Crippen LogP contribution in [0.15, 0.2) is 48.5 Å². The molecule has 0 amide bonds. The lowest BCUT2D eigenvalue weighted by Gasteiger charge is -2.33. The molecule has 27 heavy (non-hydrogen) atoms. The zero-order valence-electron chi connectivity index (χ0n) is 17.0. The number of carbonyl (C=O) groups excluding carboxylic acids is 1. The van der Waals surface area contributed by atoms with E-state index >= 15 is 0 Å². The average molecular weight is 387 g/mol. The summed E-state index contributed by atoms with van der Waals surface area (Å²) >= 11 is 0. The molecule has 2 aromatic rings. The third-order valence-corrected chi connectivity index (χ3v) is 9.93. The van der Waals surface area contributed by atoms with E-state index in [4.69, 9.17) is 13.9 Å². The summed E-state index contributed by atoms with van der Waals surface area (Å²) in [4.78, 5) is 13.4. The lowest BCUT2D eigenvalue weighted by molar-refractivity contribution is 0.0772. The van der Waals surface area contributed by atoms with Gasteiger partial charge < -0.3 is 13.9 Å². The number of carbonyl (C=O) groups is 1. The van der Waals surface area contributed by atoms with Crippen LogP contribution in [0, 0.1) is 0 Å². The summed E-state index contributed by atoms with van der Waals surface area (Å²) in [6.07, 6.45) is -0.601. The molecule has 0 aliphatic carbocycles. The smallest absolute Gasteiger partial charge is 0.194 e. The number of hydrogen-bond donors (Lipinski definition) is 0. The van der Waals surface area contributed by atoms with Gasteiger partial charge in [-0.3, -0.25) is 4.79 Å². The lowest BCUT2D eigenvalue weighted by atomic mass is 10.00. The van der Waals surface area contributed by atoms with Crippen LogP contribution in [0.1, 0.15) is 42.8 Å². The molecule has 0 bridgehead atoms. The number of methoxy groups -OCH3 is 2. The van der Waals surface area contributed by atoms with Crippen LogP contribution in [0.4, 0.5) is 0 Å². The molecule has 0 saturated carbocycles. The van der Waals surface area contributed by atoms with E-state index in [1.807, 2.05) is 36.4 Å². The van der Waals surface area contributed by atoms with Crippen molar-refractivity contribution in [1.29, 1.82) is 0 Å². The minimum Gasteiger partial charge on any atom is -0.497 e. The van der Waals surface area contributed by atoms with Crippen LogP contribution >= 0.6 is 0 Å². The van der Waals surface area contributed by atoms with Crippen LogP contribution in [-0.2, 0) is 4.43 Å². The highest BCUT2D eigenvalue weighted by atomic mass is 28.4. The molecule has 0 radical (unpaired) electrons. The molecular weight excluding hydrogens is 356 g/mol. The molecule has 146 valence electrons. The van der Waals surface area contributed by atoms with Gasteiger partial charge >= 0.3 is 0 Å². The zero-order chi connectivity index (χ0) is 19.9. The van der Waals surface area contributed by atoms with Gasteiger partial charge in [0, 0.05) is 5.56 Å². The summed E-state index contributed by atoms with van der Waals surface area (Å²) in [7, 11) is 1.27. The summed E-state index contributed by atoms with van der Waals surface area (Å²) in [5.41, 5.74) is 1.49. The molecule has 0 heterocycles. The van der Waals surface area contributed by atoms with Crippen LogP contribution < -0.4 is 9.47 Å². The minimum absolute atomic E-state index is 0.0185. The minimum atomic E-state index is -1.98. The maximum atomic E-state index is 13.4. The predicted octanol–water partition coefficient (Wildman–Crippen LogP) is 5.65. The Kier molecular flexibility index (Phi) is 7.62. The Morgan fingerprint density at radius 3 is 1.67 bits per heavy atom. The maximum Gasteiger partial charge on any atom is 0.194 e. The molecule has 0 fully saturated rings. The molecule has 2 aromatic carbocycles. The van der Waals surface area contributed by atoms with E-state index in [-0.39, 0.29) is 5.78 Å². The first-order chi connectivity index (χ1) is 13.0. The fourth-order valence-electron chi connectivity index (χ4n) is 3.21. The topological polar surface area (TPSA) is 44.8 Å². The van der Waals surface area contributed by atoms with Gasteiger partial charge in [-0.2, -0.15) is 0 Å². The van der Waals surface area contributed by atoms with Crippen LogP contribution in [0.25, 0.3) is 0 Å². The van der Waals surface area contributed by atoms with Crippen molar-refractivity contribution in [3.8, 4) is 11.5 Å². The number of rotatable bonds is 10. The number of benzene rings is 2. The second-order valence-electron chi connectivity index (χ2n) is 6.61. The van der Waals surface area contributed by atoms with Gasteiger partial charge in [0.2, 0.25) is 0 Å². The third kappa shape index (κ3) is 4.99. The van der Waals surface area contributed by atoms with Crippen molar-refractivity contribution in [2.45, 2.75) is 45.0 Å². The van der Waals surface area contributed by atoms with Crippen molar-refractivity contribution in [3.05, 3.63) is 59.7 Å². The Hall–Kier alpha value is -2.11. The maximum absolute atomic E-state index is 13.4. The van der Waals surface area contributed by atoms with Gasteiger partial charge in [0.05, 0.1) is 14.2 Å². The first-order valence-corrected chi connectivity index (χ1v) is 12.1. The van der Waals surface area contributed by atoms with Crippen molar-refractivity contribution in [1.82, 2.24) is 0 Å². The van der Waals surface area contributed by atoms with Crippen molar-refractivity contribution < 1.29 is 18.7 Å². The number of Topliss-reactive ketones (excluding diaryl/α,β-unsaturated/α-hetero) is 1. The summed E-state index contributed by atoms with van der Waals surface area (Å²) in [6.45, 7) is 6.51. The van der Waals surface area contributed by atoms with Gasteiger partial charge in [-0.1, -0.05) is 32.9 Å². The van der Waals surface area contributed by atoms with Crippen LogP contribution in [-0.4, -0.2) is 28.3 Å². The number of hydrogen-bond acceptors (Lipinski definition) is 4. The lowest BCUT2D eigenvalue weighted by Crippen LogP contribution is -2.39. The van der Waals surface area contributed by atoms with Gasteiger partial charge in [0.25, 0.3) is 0 Å². The van der Waals surface area contributed by atoms with Crippen molar-refractivity contribution >= 4 is 14.1 Å². The summed E-state index contributed by atoms with van der Waals surface area (Å²) in [5.74, 6) is 1.47. The van der Waals surface area contributed by atoms with E-state index in [0.717, 1.165) is 35.2 Å². The zero-order valence-corrected chi connectivity index (χ0v) is 18.0. The van der Waals surface area contributed by atoms with Crippen molar-refractivity contribution in [2.24, 2.45) is 0 Å². The molecule has 2 rings (SSSR count). The van der Waals surface area contributed by atoms with Crippen LogP contribution in [0.3, 0.4) is 0 Å². The molecule has 4 nitrogen and oxygen atoms in total. The fourth-order valence-corrected chi connectivity index (χ4v) is 5.95. The molecule has 0 aromatic heterocycles. The van der Waals surface area contributed by atoms with Gasteiger partial charge in [-0.25, -0.2) is 0 Å². The van der Waals surface area contributed by atoms with Crippen LogP contribution in [0.5, 0.6) is 11.5 Å². The van der Waals surface area contributed by atoms with E-state index in [2.05, 4.69) is 20.8 Å². The van der Waals surface area contributed by atoms with Gasteiger partial charge in [-0.15, -0.1) is 0 Å². The monoisotopic (exact) mass is 386 g/mol. The molecule has 0 aliphatic rings. The Morgan fingerprint density at radius 2 is 1.26 bits per heavy atom. The largest absolute Gasteiger partial charge is 0.497 e. The Balaban J connectivity index is 2.41. The standard InChI is InChI=1S/C22H30O4Si/c1-6-27(7-2,8-3)26-22(18-11-15-20(25-5)16-12-18)21(23)17-9-13-19(24-4)14-10-17/h9-16,22H,6-8H2,1-5H3. The second-order valence-corrected chi connectivity index (χ2v) is 11.3. The summed E-state index contributed by atoms with van der Waals surface area (Å²) in [6, 6.07) is 17.8. The number of ketones is 1. The molecule has 5 heteroatoms. The molecule has 0 aliphatic heterocycles. The number of ether oxygens (including phenoxy) is 2. The normalized spacial score (nSPS) is 12.5. The molecule has 0 N–H and O–H groups in total. The first kappa shape index (κ1) is 21.2. The molecule has 0 spiro atoms. The first-order valence-electron chi connectivity index (χ1n) is 9.52. The molecule has 0 saturated heterocycles.